The number of carbonyl (C=O) groups excluding carboxylic acids is 1. The van der Waals surface area contributed by atoms with Gasteiger partial charge in [-0.15, -0.1) is 0 Å². The average Bonchev–Trinajstić information content (AvgIpc) is 3.52. The number of H-pyrrole nitrogens is 2. The molecule has 3 N–H and O–H groups in total. The number of carbonyl (C=O) groups is 1. The van der Waals surface area contributed by atoms with E-state index in [2.05, 4.69) is 35.5 Å². The lowest BCUT2D eigenvalue weighted by atomic mass is 10.1. The monoisotopic (exact) mass is 507 g/mol. The smallest absolute Gasteiger partial charge is 0.238 e. The number of benzene rings is 1. The second-order valence-corrected chi connectivity index (χ2v) is 9.08. The summed E-state index contributed by atoms with van der Waals surface area (Å²) < 4.78 is 14.5. The van der Waals surface area contributed by atoms with Crippen molar-refractivity contribution in [2.24, 2.45) is 0 Å². The predicted molar refractivity (Wildman–Crippen MR) is 143 cm³/mol. The Morgan fingerprint density at radius 1 is 1.00 bits per heavy atom. The maximum atomic E-state index is 14.5. The van der Waals surface area contributed by atoms with Gasteiger partial charge < -0.3 is 15.2 Å². The van der Waals surface area contributed by atoms with E-state index in [0.717, 1.165) is 16.5 Å². The highest BCUT2D eigenvalue weighted by Gasteiger charge is 2.18. The highest BCUT2D eigenvalue weighted by atomic mass is 19.1. The summed E-state index contributed by atoms with van der Waals surface area (Å²) in [6, 6.07) is 10.2. The molecule has 0 bridgehead atoms. The number of aromatic nitrogens is 7. The molecule has 0 spiro atoms. The molecule has 188 valence electrons. The fraction of sp³-hybridized carbons (Fsp3) is 0.111. The summed E-state index contributed by atoms with van der Waals surface area (Å²) in [6.07, 6.45) is 8.22. The van der Waals surface area contributed by atoms with Crippen LogP contribution in [0, 0.1) is 5.82 Å². The van der Waals surface area contributed by atoms with Crippen LogP contribution in [0.2, 0.25) is 0 Å². The molecule has 1 aromatic carbocycles. The summed E-state index contributed by atoms with van der Waals surface area (Å²) in [5.41, 5.74) is 5.54. The molecule has 1 amide bonds. The van der Waals surface area contributed by atoms with E-state index in [1.54, 1.807) is 54.1 Å². The van der Waals surface area contributed by atoms with E-state index in [-0.39, 0.29) is 18.3 Å². The third-order valence-electron chi connectivity index (χ3n) is 6.01. The number of nitrogens with zero attached hydrogens (tertiary/aromatic N) is 6. The Hall–Kier alpha value is -5.03. The van der Waals surface area contributed by atoms with Crippen LogP contribution in [0.1, 0.15) is 0 Å². The van der Waals surface area contributed by atoms with Gasteiger partial charge >= 0.3 is 0 Å². The Bertz CT molecular complexity index is 1810. The van der Waals surface area contributed by atoms with Crippen LogP contribution in [0.15, 0.2) is 67.4 Å². The first-order valence-electron chi connectivity index (χ1n) is 11.8. The van der Waals surface area contributed by atoms with Crippen molar-refractivity contribution in [2.45, 2.75) is 0 Å². The van der Waals surface area contributed by atoms with E-state index in [0.29, 0.717) is 45.1 Å². The van der Waals surface area contributed by atoms with Gasteiger partial charge in [0.05, 0.1) is 47.6 Å². The van der Waals surface area contributed by atoms with Crippen molar-refractivity contribution in [1.82, 2.24) is 40.0 Å². The van der Waals surface area contributed by atoms with E-state index < -0.39 is 0 Å². The molecule has 11 heteroatoms. The standard InChI is InChI=1S/C27H22FN9O/c1-37(2)14-24(38)32-16-7-15(9-29-10-16)21-8-18-22(13-31-21)35-36-26(18)27-33-23-12-30-11-19(25(23)34-27)17-5-3-4-6-20(17)28/h3-13H,14H2,1-2H3,(H,32,38)(H,33,34)(H,35,36). The summed E-state index contributed by atoms with van der Waals surface area (Å²) in [5.74, 6) is 0.0291. The van der Waals surface area contributed by atoms with E-state index in [4.69, 9.17) is 4.98 Å². The molecule has 6 rings (SSSR count). The second-order valence-electron chi connectivity index (χ2n) is 9.08. The number of imidazole rings is 1. The van der Waals surface area contributed by atoms with Crippen molar-refractivity contribution in [2.75, 3.05) is 26.0 Å². The lowest BCUT2D eigenvalue weighted by molar-refractivity contribution is -0.116. The van der Waals surface area contributed by atoms with Gasteiger partial charge in [0.25, 0.3) is 0 Å². The Morgan fingerprint density at radius 2 is 1.84 bits per heavy atom. The van der Waals surface area contributed by atoms with Gasteiger partial charge in [0.15, 0.2) is 5.82 Å². The zero-order chi connectivity index (χ0) is 26.2. The fourth-order valence-electron chi connectivity index (χ4n) is 4.31. The number of hydrogen-bond acceptors (Lipinski definition) is 7. The second kappa shape index (κ2) is 9.45. The minimum atomic E-state index is -0.346. The number of amides is 1. The van der Waals surface area contributed by atoms with E-state index in [1.807, 2.05) is 26.2 Å². The van der Waals surface area contributed by atoms with Crippen molar-refractivity contribution in [3.8, 4) is 33.9 Å². The van der Waals surface area contributed by atoms with Crippen LogP contribution in [0.3, 0.4) is 0 Å². The number of hydrogen-bond donors (Lipinski definition) is 3. The van der Waals surface area contributed by atoms with Crippen molar-refractivity contribution in [1.29, 1.82) is 0 Å². The number of aromatic amines is 2. The molecule has 5 aromatic heterocycles. The molecule has 5 heterocycles. The topological polar surface area (TPSA) is 128 Å². The Labute approximate surface area is 216 Å². The zero-order valence-electron chi connectivity index (χ0n) is 20.5. The number of rotatable bonds is 6. The number of anilines is 1. The normalized spacial score (nSPS) is 11.5. The van der Waals surface area contributed by atoms with Crippen LogP contribution in [-0.2, 0) is 4.79 Å². The summed E-state index contributed by atoms with van der Waals surface area (Å²) >= 11 is 0. The molecule has 0 saturated carbocycles. The predicted octanol–water partition coefficient (Wildman–Crippen LogP) is 4.26. The molecule has 0 saturated heterocycles. The van der Waals surface area contributed by atoms with Gasteiger partial charge in [0.2, 0.25) is 5.91 Å². The van der Waals surface area contributed by atoms with Crippen molar-refractivity contribution in [3.05, 3.63) is 73.2 Å². The molecule has 0 aliphatic heterocycles. The molecular formula is C27H22FN9O. The van der Waals surface area contributed by atoms with Crippen molar-refractivity contribution >= 4 is 33.5 Å². The number of fused-ring (bicyclic) bond motifs is 2. The van der Waals surface area contributed by atoms with Crippen LogP contribution in [0.5, 0.6) is 0 Å². The van der Waals surface area contributed by atoms with Crippen LogP contribution >= 0.6 is 0 Å². The number of halogens is 1. The first-order chi connectivity index (χ1) is 18.5. The van der Waals surface area contributed by atoms with Crippen LogP contribution in [0.4, 0.5) is 10.1 Å². The SMILES string of the molecule is CN(C)CC(=O)Nc1cncc(-c2cc3c(-c4nc5c(-c6ccccc6F)cncc5[nH]4)n[nH]c3cn2)c1. The van der Waals surface area contributed by atoms with Gasteiger partial charge in [0, 0.05) is 34.5 Å². The third-order valence-corrected chi connectivity index (χ3v) is 6.01. The minimum Gasteiger partial charge on any atom is -0.335 e. The highest BCUT2D eigenvalue weighted by Crippen LogP contribution is 2.33. The van der Waals surface area contributed by atoms with Gasteiger partial charge in [-0.3, -0.25) is 24.8 Å². The van der Waals surface area contributed by atoms with Crippen molar-refractivity contribution in [3.63, 3.8) is 0 Å². The van der Waals surface area contributed by atoms with Crippen LogP contribution in [-0.4, -0.2) is 66.6 Å². The Kier molecular flexibility index (Phi) is 5.81. The van der Waals surface area contributed by atoms with Crippen molar-refractivity contribution < 1.29 is 9.18 Å². The lowest BCUT2D eigenvalue weighted by Crippen LogP contribution is -2.27. The summed E-state index contributed by atoms with van der Waals surface area (Å²) in [7, 11) is 3.66. The Balaban J connectivity index is 1.39. The molecule has 0 aliphatic rings. The highest BCUT2D eigenvalue weighted by molar-refractivity contribution is 5.97. The number of pyridine rings is 3. The molecule has 0 fully saturated rings. The fourth-order valence-corrected chi connectivity index (χ4v) is 4.31. The third kappa shape index (κ3) is 4.35. The molecular weight excluding hydrogens is 485 g/mol. The first-order valence-corrected chi connectivity index (χ1v) is 11.8. The number of likely N-dealkylation sites (N-methyl/N-ethyl adjacent to an activating group) is 1. The summed E-state index contributed by atoms with van der Waals surface area (Å²) in [4.78, 5) is 35.1. The first kappa shape index (κ1) is 23.4. The van der Waals surface area contributed by atoms with E-state index in [9.17, 15) is 9.18 Å². The molecule has 0 aliphatic carbocycles. The quantitative estimate of drug-likeness (QED) is 0.307. The van der Waals surface area contributed by atoms with Gasteiger partial charge in [-0.2, -0.15) is 5.10 Å². The maximum Gasteiger partial charge on any atom is 0.238 e. The molecule has 38 heavy (non-hydrogen) atoms. The van der Waals surface area contributed by atoms with Crippen LogP contribution in [0.25, 0.3) is 55.8 Å². The molecule has 0 atom stereocenters. The largest absolute Gasteiger partial charge is 0.335 e. The average molecular weight is 508 g/mol. The van der Waals surface area contributed by atoms with Gasteiger partial charge in [-0.1, -0.05) is 18.2 Å². The van der Waals surface area contributed by atoms with E-state index >= 15 is 0 Å². The minimum absolute atomic E-state index is 0.136. The zero-order valence-corrected chi connectivity index (χ0v) is 20.5. The molecule has 6 aromatic rings. The summed E-state index contributed by atoms with van der Waals surface area (Å²) in [6.45, 7) is 0.262. The molecule has 0 radical (unpaired) electrons. The van der Waals surface area contributed by atoms with E-state index in [1.165, 1.54) is 6.07 Å². The maximum absolute atomic E-state index is 14.5. The summed E-state index contributed by atoms with van der Waals surface area (Å²) in [5, 5.41) is 11.1. The molecule has 0 unspecified atom stereocenters. The Morgan fingerprint density at radius 3 is 2.68 bits per heavy atom. The number of nitrogens with one attached hydrogen (secondary N) is 3. The van der Waals surface area contributed by atoms with Gasteiger partial charge in [-0.05, 0) is 32.3 Å². The lowest BCUT2D eigenvalue weighted by Gasteiger charge is -2.10. The van der Waals surface area contributed by atoms with Gasteiger partial charge in [-0.25, -0.2) is 9.37 Å². The van der Waals surface area contributed by atoms with Gasteiger partial charge in [0.1, 0.15) is 17.0 Å². The molecule has 10 nitrogen and oxygen atoms in total. The van der Waals surface area contributed by atoms with Crippen LogP contribution < -0.4 is 5.32 Å².